The molecule has 0 aliphatic carbocycles. The lowest BCUT2D eigenvalue weighted by atomic mass is 10.1. The quantitative estimate of drug-likeness (QED) is 0.402. The van der Waals surface area contributed by atoms with E-state index in [0.29, 0.717) is 6.42 Å². The predicted octanol–water partition coefficient (Wildman–Crippen LogP) is 6.83. The molecule has 0 atom stereocenters. The number of carbonyl (C=O) groups is 2. The first-order chi connectivity index (χ1) is 14.3. The lowest BCUT2D eigenvalue weighted by Gasteiger charge is -1.94. The second-order valence-corrected chi connectivity index (χ2v) is 5.55. The summed E-state index contributed by atoms with van der Waals surface area (Å²) in [6.07, 6.45) is 4.47. The summed E-state index contributed by atoms with van der Waals surface area (Å²) in [5.41, 5.74) is 3.51. The van der Waals surface area contributed by atoms with Crippen molar-refractivity contribution in [3.05, 3.63) is 111 Å². The number of benzene rings is 2. The van der Waals surface area contributed by atoms with Gasteiger partial charge in [-0.3, -0.25) is 9.59 Å². The Kier molecular flexibility index (Phi) is 19.1. The molecule has 160 valence electrons. The van der Waals surface area contributed by atoms with Gasteiger partial charge in [0.15, 0.2) is 0 Å². The Morgan fingerprint density at radius 2 is 1.30 bits per heavy atom. The molecular formula is C26H32O4. The molecule has 0 aromatic heterocycles. The van der Waals surface area contributed by atoms with Gasteiger partial charge in [-0.25, -0.2) is 0 Å². The number of rotatable bonds is 5. The standard InChI is InChI=1S/C9H10.C8H8.C5H8O2.C4H6O2/c1-8(2)9-6-4-3-5-7-9;1-2-8-6-4-3-5-7-8;1-3-5(6)7-4-2;1-3-6-4(2)5/h3-7H,1H2,2H3;2-7H,1H2;4H,2-3H2,1H3;3H,1H2,2H3. The molecule has 2 aromatic rings. The van der Waals surface area contributed by atoms with Gasteiger partial charge in [0.05, 0.1) is 12.5 Å². The van der Waals surface area contributed by atoms with E-state index in [-0.39, 0.29) is 11.9 Å². The van der Waals surface area contributed by atoms with Crippen molar-refractivity contribution in [3.63, 3.8) is 0 Å². The van der Waals surface area contributed by atoms with Gasteiger partial charge in [0.25, 0.3) is 0 Å². The molecule has 2 aromatic carbocycles. The summed E-state index contributed by atoms with van der Waals surface area (Å²) in [5, 5.41) is 0. The summed E-state index contributed by atoms with van der Waals surface area (Å²) in [6, 6.07) is 20.2. The van der Waals surface area contributed by atoms with E-state index < -0.39 is 0 Å². The fraction of sp³-hybridized carbons (Fsp3) is 0.154. The molecule has 4 nitrogen and oxygen atoms in total. The van der Waals surface area contributed by atoms with Crippen molar-refractivity contribution < 1.29 is 19.1 Å². The van der Waals surface area contributed by atoms with E-state index in [2.05, 4.69) is 47.9 Å². The molecule has 4 heteroatoms. The molecule has 0 unspecified atom stereocenters. The summed E-state index contributed by atoms with van der Waals surface area (Å²) in [7, 11) is 0. The van der Waals surface area contributed by atoms with Crippen LogP contribution in [0.25, 0.3) is 11.6 Å². The molecule has 0 spiro atoms. The molecule has 0 aliphatic rings. The molecule has 0 aliphatic heterocycles. The predicted molar refractivity (Wildman–Crippen MR) is 126 cm³/mol. The first kappa shape index (κ1) is 28.5. The van der Waals surface area contributed by atoms with Crippen LogP contribution in [0.2, 0.25) is 0 Å². The van der Waals surface area contributed by atoms with Crippen LogP contribution in [0, 0.1) is 0 Å². The SMILES string of the molecule is C=C(C)c1ccccc1.C=COC(=O)CC.C=COC(C)=O.C=Cc1ccccc1. The first-order valence-corrected chi connectivity index (χ1v) is 9.29. The van der Waals surface area contributed by atoms with Gasteiger partial charge in [-0.05, 0) is 18.1 Å². The molecule has 0 N–H and O–H groups in total. The molecule has 0 fully saturated rings. The number of hydrogen-bond acceptors (Lipinski definition) is 4. The summed E-state index contributed by atoms with van der Waals surface area (Å²) < 4.78 is 8.48. The smallest absolute Gasteiger partial charge is 0.310 e. The molecule has 30 heavy (non-hydrogen) atoms. The van der Waals surface area contributed by atoms with Crippen molar-refractivity contribution in [2.45, 2.75) is 27.2 Å². The Labute approximate surface area is 180 Å². The van der Waals surface area contributed by atoms with Gasteiger partial charge >= 0.3 is 11.9 Å². The lowest BCUT2D eigenvalue weighted by Crippen LogP contribution is -1.94. The van der Waals surface area contributed by atoms with Crippen molar-refractivity contribution in [1.29, 1.82) is 0 Å². The molecule has 0 heterocycles. The second-order valence-electron chi connectivity index (χ2n) is 5.55. The van der Waals surface area contributed by atoms with Crippen molar-refractivity contribution in [2.75, 3.05) is 0 Å². The Morgan fingerprint density at radius 3 is 1.50 bits per heavy atom. The minimum absolute atomic E-state index is 0.241. The largest absolute Gasteiger partial charge is 0.435 e. The van der Waals surface area contributed by atoms with Crippen LogP contribution in [0.15, 0.2) is 99.5 Å². The number of ether oxygens (including phenoxy) is 2. The van der Waals surface area contributed by atoms with E-state index >= 15 is 0 Å². The van der Waals surface area contributed by atoms with Crippen LogP contribution >= 0.6 is 0 Å². The lowest BCUT2D eigenvalue weighted by molar-refractivity contribution is -0.137. The third kappa shape index (κ3) is 19.1. The van der Waals surface area contributed by atoms with Crippen molar-refractivity contribution >= 4 is 23.6 Å². The van der Waals surface area contributed by atoms with Crippen molar-refractivity contribution in [3.8, 4) is 0 Å². The first-order valence-electron chi connectivity index (χ1n) is 9.29. The van der Waals surface area contributed by atoms with E-state index in [9.17, 15) is 9.59 Å². The molecule has 0 amide bonds. The summed E-state index contributed by atoms with van der Waals surface area (Å²) in [5.74, 6) is -0.569. The third-order valence-corrected chi connectivity index (χ3v) is 3.05. The van der Waals surface area contributed by atoms with Gasteiger partial charge in [-0.2, -0.15) is 0 Å². The normalized spacial score (nSPS) is 8.10. The average Bonchev–Trinajstić information content (AvgIpc) is 2.76. The highest BCUT2D eigenvalue weighted by atomic mass is 16.5. The van der Waals surface area contributed by atoms with Crippen LogP contribution in [0.3, 0.4) is 0 Å². The van der Waals surface area contributed by atoms with E-state index in [0.717, 1.165) is 18.1 Å². The van der Waals surface area contributed by atoms with Crippen LogP contribution < -0.4 is 0 Å². The maximum atomic E-state index is 10.1. The molecule has 0 bridgehead atoms. The van der Waals surface area contributed by atoms with Gasteiger partial charge in [-0.1, -0.05) is 106 Å². The maximum absolute atomic E-state index is 10.1. The van der Waals surface area contributed by atoms with Gasteiger partial charge < -0.3 is 9.47 Å². The van der Waals surface area contributed by atoms with Crippen molar-refractivity contribution in [1.82, 2.24) is 0 Å². The Hall–Kier alpha value is -3.66. The van der Waals surface area contributed by atoms with Crippen LogP contribution in [-0.4, -0.2) is 11.9 Å². The van der Waals surface area contributed by atoms with E-state index in [4.69, 9.17) is 0 Å². The van der Waals surface area contributed by atoms with Crippen LogP contribution in [0.1, 0.15) is 38.3 Å². The summed E-state index contributed by atoms with van der Waals surface area (Å²) >= 11 is 0. The van der Waals surface area contributed by atoms with E-state index in [1.165, 1.54) is 18.1 Å². The topological polar surface area (TPSA) is 52.6 Å². The highest BCUT2D eigenvalue weighted by Crippen LogP contribution is 2.08. The highest BCUT2D eigenvalue weighted by Gasteiger charge is 1.89. The van der Waals surface area contributed by atoms with Crippen LogP contribution in [0.5, 0.6) is 0 Å². The fourth-order valence-electron chi connectivity index (χ4n) is 1.61. The second kappa shape index (κ2) is 20.1. The van der Waals surface area contributed by atoms with E-state index in [1.807, 2.05) is 61.5 Å². The summed E-state index contributed by atoms with van der Waals surface area (Å²) in [6.45, 7) is 18.9. The minimum atomic E-state index is -0.329. The van der Waals surface area contributed by atoms with Crippen LogP contribution in [0.4, 0.5) is 0 Å². The van der Waals surface area contributed by atoms with Crippen molar-refractivity contribution in [2.24, 2.45) is 0 Å². The van der Waals surface area contributed by atoms with Gasteiger partial charge in [0.2, 0.25) is 0 Å². The van der Waals surface area contributed by atoms with E-state index in [1.54, 1.807) is 6.92 Å². The van der Waals surface area contributed by atoms with Gasteiger partial charge in [0.1, 0.15) is 0 Å². The number of hydrogen-bond donors (Lipinski definition) is 0. The molecule has 0 saturated carbocycles. The fourth-order valence-corrected chi connectivity index (χ4v) is 1.61. The van der Waals surface area contributed by atoms with Gasteiger partial charge in [-0.15, -0.1) is 0 Å². The van der Waals surface area contributed by atoms with Crippen LogP contribution in [-0.2, 0) is 19.1 Å². The third-order valence-electron chi connectivity index (χ3n) is 3.05. The Morgan fingerprint density at radius 1 is 0.833 bits per heavy atom. The zero-order valence-electron chi connectivity index (χ0n) is 18.2. The Balaban J connectivity index is 0. The molecular weight excluding hydrogens is 376 g/mol. The number of allylic oxidation sites excluding steroid dienone is 1. The monoisotopic (exact) mass is 408 g/mol. The Bertz CT molecular complexity index is 762. The molecule has 0 saturated heterocycles. The van der Waals surface area contributed by atoms with Gasteiger partial charge in [0, 0.05) is 13.3 Å². The minimum Gasteiger partial charge on any atom is -0.435 e. The zero-order chi connectivity index (χ0) is 23.2. The maximum Gasteiger partial charge on any atom is 0.310 e. The molecule has 2 rings (SSSR count). The molecule has 0 radical (unpaired) electrons. The average molecular weight is 409 g/mol. The zero-order valence-corrected chi connectivity index (χ0v) is 18.2. The highest BCUT2D eigenvalue weighted by molar-refractivity contribution is 5.69. The summed E-state index contributed by atoms with van der Waals surface area (Å²) in [4.78, 5) is 19.9. The number of carbonyl (C=O) groups excluding carboxylic acids is 2. The number of esters is 2.